The molecule has 2 aromatic rings. The lowest BCUT2D eigenvalue weighted by Gasteiger charge is -2.04. The molecule has 0 heterocycles. The third kappa shape index (κ3) is 6.49. The zero-order chi connectivity index (χ0) is 14.5. The lowest BCUT2D eigenvalue weighted by atomic mass is 10.0. The van der Waals surface area contributed by atoms with Crippen molar-refractivity contribution in [3.05, 3.63) is 71.0 Å². The first-order valence-electron chi connectivity index (χ1n) is 5.34. The Morgan fingerprint density at radius 2 is 1.21 bits per heavy atom. The second-order valence-corrected chi connectivity index (χ2v) is 3.36. The predicted octanol–water partition coefficient (Wildman–Crippen LogP) is 3.45. The molecule has 19 heavy (non-hydrogen) atoms. The van der Waals surface area contributed by atoms with Gasteiger partial charge in [-0.1, -0.05) is 54.6 Å². The number of hydrogen-bond acceptors (Lipinski definition) is 2. The van der Waals surface area contributed by atoms with Gasteiger partial charge in [0.05, 0.1) is 0 Å². The highest BCUT2D eigenvalue weighted by Gasteiger charge is 1.97. The molecule has 0 saturated carbocycles. The molecule has 0 unspecified atom stereocenters. The van der Waals surface area contributed by atoms with Crippen molar-refractivity contribution in [1.29, 1.82) is 0 Å². The predicted molar refractivity (Wildman–Crippen MR) is 74.7 cm³/mol. The highest BCUT2D eigenvalue weighted by atomic mass is 16.1. The van der Waals surface area contributed by atoms with Crippen LogP contribution in [0.2, 0.25) is 0 Å². The summed E-state index contributed by atoms with van der Waals surface area (Å²) >= 11 is 0. The monoisotopic (exact) mass is 252 g/mol. The van der Waals surface area contributed by atoms with E-state index in [0.29, 0.717) is 12.2 Å². The molecule has 0 aliphatic rings. The van der Waals surface area contributed by atoms with E-state index >= 15 is 0 Å². The van der Waals surface area contributed by atoms with Gasteiger partial charge in [-0.3, -0.25) is 9.59 Å². The highest BCUT2D eigenvalue weighted by molar-refractivity contribution is 5.66. The molecule has 0 spiro atoms. The van der Waals surface area contributed by atoms with Gasteiger partial charge in [-0.25, -0.2) is 0 Å². The fourth-order valence-electron chi connectivity index (χ4n) is 1.51. The molecule has 0 N–H and O–H groups in total. The van der Waals surface area contributed by atoms with Gasteiger partial charge >= 0.3 is 0 Å². The van der Waals surface area contributed by atoms with Gasteiger partial charge in [0.1, 0.15) is 0 Å². The summed E-state index contributed by atoms with van der Waals surface area (Å²) in [6, 6.07) is 18.9. The number of isocyanates is 2. The van der Waals surface area contributed by atoms with Gasteiger partial charge in [-0.05, 0) is 35.8 Å². The molecule has 4 nitrogen and oxygen atoms in total. The van der Waals surface area contributed by atoms with Gasteiger partial charge in [0, 0.05) is 0 Å². The van der Waals surface area contributed by atoms with Gasteiger partial charge < -0.3 is 10.8 Å². The summed E-state index contributed by atoms with van der Waals surface area (Å²) in [5.41, 5.74) is 3.94. The minimum atomic E-state index is 0.500. The molecule has 0 fully saturated rings. The lowest BCUT2D eigenvalue weighted by molar-refractivity contribution is 0.568. The van der Waals surface area contributed by atoms with E-state index in [2.05, 4.69) is 55.5 Å². The van der Waals surface area contributed by atoms with Gasteiger partial charge in [-0.2, -0.15) is 0 Å². The van der Waals surface area contributed by atoms with Crippen molar-refractivity contribution in [3.63, 3.8) is 0 Å². The van der Waals surface area contributed by atoms with E-state index in [1.165, 1.54) is 16.7 Å². The smallest absolute Gasteiger partial charge is 0.0155 e. The summed E-state index contributed by atoms with van der Waals surface area (Å²) in [5, 5.41) is 13.5. The standard InChI is InChI=1S/C13H12.2CNO/c1-11-7-5-6-10-13(11)12-8-3-2-4-9-12;2*2-1-3/h2-10H,1H3;;/q;2*-1. The first-order valence-corrected chi connectivity index (χ1v) is 5.34. The van der Waals surface area contributed by atoms with Crippen molar-refractivity contribution in [1.82, 2.24) is 0 Å². The Bertz CT molecular complexity index is 541. The molecule has 4 heteroatoms. The van der Waals surface area contributed by atoms with Crippen molar-refractivity contribution < 1.29 is 9.59 Å². The largest absolute Gasteiger partial charge is 0.724 e. The number of rotatable bonds is 1. The SMILES string of the molecule is Cc1ccccc1-c1ccccc1.[N-]=C=O.[N-]=C=O. The Morgan fingerprint density at radius 1 is 0.789 bits per heavy atom. The third-order valence-electron chi connectivity index (χ3n) is 2.23. The van der Waals surface area contributed by atoms with E-state index < -0.39 is 0 Å². The minimum absolute atomic E-state index is 0.500. The number of carbonyl (C=O) groups excluding carboxylic acids is 2. The Balaban J connectivity index is 0.000000465. The van der Waals surface area contributed by atoms with Crippen LogP contribution in [-0.2, 0) is 9.59 Å². The summed E-state index contributed by atoms with van der Waals surface area (Å²) in [5.74, 6) is 0. The van der Waals surface area contributed by atoms with E-state index in [1.807, 2.05) is 6.07 Å². The number of nitrogens with zero attached hydrogens (tertiary/aromatic N) is 2. The third-order valence-corrected chi connectivity index (χ3v) is 2.23. The molecular weight excluding hydrogens is 240 g/mol. The molecule has 0 aromatic heterocycles. The van der Waals surface area contributed by atoms with Crippen molar-refractivity contribution in [2.45, 2.75) is 6.92 Å². The quantitative estimate of drug-likeness (QED) is 0.575. The van der Waals surface area contributed by atoms with Crippen LogP contribution in [0.25, 0.3) is 21.9 Å². The minimum Gasteiger partial charge on any atom is -0.724 e. The van der Waals surface area contributed by atoms with E-state index in [0.717, 1.165) is 0 Å². The van der Waals surface area contributed by atoms with Gasteiger partial charge in [-0.15, -0.1) is 0 Å². The lowest BCUT2D eigenvalue weighted by Crippen LogP contribution is -1.80. The van der Waals surface area contributed by atoms with Crippen molar-refractivity contribution >= 4 is 12.2 Å². The van der Waals surface area contributed by atoms with Crippen LogP contribution in [0, 0.1) is 6.92 Å². The van der Waals surface area contributed by atoms with Crippen LogP contribution < -0.4 is 0 Å². The normalized spacial score (nSPS) is 7.63. The molecule has 0 saturated heterocycles. The van der Waals surface area contributed by atoms with Crippen molar-refractivity contribution in [2.75, 3.05) is 0 Å². The van der Waals surface area contributed by atoms with E-state index in [9.17, 15) is 0 Å². The molecule has 2 aromatic carbocycles. The molecule has 0 aliphatic carbocycles. The number of hydrogen-bond donors (Lipinski definition) is 0. The zero-order valence-electron chi connectivity index (χ0n) is 10.4. The molecule has 0 amide bonds. The molecule has 0 radical (unpaired) electrons. The zero-order valence-corrected chi connectivity index (χ0v) is 10.4. The second-order valence-electron chi connectivity index (χ2n) is 3.36. The molecular formula is C15H12N2O2-2. The Hall–Kier alpha value is -2.80. The summed E-state index contributed by atoms with van der Waals surface area (Å²) in [7, 11) is 0. The van der Waals surface area contributed by atoms with Gasteiger partial charge in [0.15, 0.2) is 0 Å². The van der Waals surface area contributed by atoms with Crippen LogP contribution in [0.3, 0.4) is 0 Å². The van der Waals surface area contributed by atoms with Crippen LogP contribution in [-0.4, -0.2) is 12.2 Å². The van der Waals surface area contributed by atoms with Crippen LogP contribution >= 0.6 is 0 Å². The molecule has 0 bridgehead atoms. The van der Waals surface area contributed by atoms with Crippen LogP contribution in [0.5, 0.6) is 0 Å². The Labute approximate surface area is 111 Å². The summed E-state index contributed by atoms with van der Waals surface area (Å²) < 4.78 is 0. The summed E-state index contributed by atoms with van der Waals surface area (Å²) in [6.07, 6.45) is 1.00. The average molecular weight is 252 g/mol. The van der Waals surface area contributed by atoms with Crippen LogP contribution in [0.15, 0.2) is 54.6 Å². The summed E-state index contributed by atoms with van der Waals surface area (Å²) in [6.45, 7) is 2.14. The van der Waals surface area contributed by atoms with Crippen LogP contribution in [0.4, 0.5) is 0 Å². The highest BCUT2D eigenvalue weighted by Crippen LogP contribution is 2.21. The molecule has 0 aliphatic heterocycles. The fraction of sp³-hybridized carbons (Fsp3) is 0.0667. The van der Waals surface area contributed by atoms with E-state index in [4.69, 9.17) is 20.4 Å². The van der Waals surface area contributed by atoms with Gasteiger partial charge in [0.25, 0.3) is 0 Å². The van der Waals surface area contributed by atoms with Crippen LogP contribution in [0.1, 0.15) is 5.56 Å². The second kappa shape index (κ2) is 10.4. The Morgan fingerprint density at radius 3 is 1.68 bits per heavy atom. The Kier molecular flexibility index (Phi) is 8.83. The van der Waals surface area contributed by atoms with Crippen molar-refractivity contribution in [2.24, 2.45) is 0 Å². The average Bonchev–Trinajstić information content (AvgIpc) is 2.42. The van der Waals surface area contributed by atoms with E-state index in [1.54, 1.807) is 0 Å². The maximum Gasteiger partial charge on any atom is -0.0155 e. The maximum atomic E-state index is 8.24. The number of aryl methyl sites for hydroxylation is 1. The maximum absolute atomic E-state index is 8.24. The molecule has 2 rings (SSSR count). The molecule has 0 atom stereocenters. The number of benzene rings is 2. The fourth-order valence-corrected chi connectivity index (χ4v) is 1.51. The van der Waals surface area contributed by atoms with Gasteiger partial charge in [0.2, 0.25) is 0 Å². The van der Waals surface area contributed by atoms with Crippen molar-refractivity contribution in [3.8, 4) is 11.1 Å². The first kappa shape index (κ1) is 16.2. The first-order chi connectivity index (χ1) is 9.21. The van der Waals surface area contributed by atoms with E-state index in [-0.39, 0.29) is 0 Å². The molecule has 96 valence electrons. The topological polar surface area (TPSA) is 78.7 Å². The summed E-state index contributed by atoms with van der Waals surface area (Å²) in [4.78, 5) is 16.5.